The van der Waals surface area contributed by atoms with Crippen molar-refractivity contribution in [3.8, 4) is 0 Å². The number of hydrogen-bond donors (Lipinski definition) is 2. The molecule has 0 saturated carbocycles. The van der Waals surface area contributed by atoms with Crippen molar-refractivity contribution in [3.63, 3.8) is 0 Å². The Kier molecular flexibility index (Phi) is 6.46. The lowest BCUT2D eigenvalue weighted by molar-refractivity contribution is -0.123. The highest BCUT2D eigenvalue weighted by molar-refractivity contribution is 7.15. The number of aromatic nitrogens is 1. The molecule has 1 aromatic carbocycles. The van der Waals surface area contributed by atoms with E-state index in [-0.39, 0.29) is 24.3 Å². The molecule has 2 N–H and O–H groups in total. The molecule has 2 heterocycles. The fourth-order valence-corrected chi connectivity index (χ4v) is 4.32. The van der Waals surface area contributed by atoms with E-state index in [1.165, 1.54) is 16.9 Å². The van der Waals surface area contributed by atoms with Crippen molar-refractivity contribution >= 4 is 34.0 Å². The number of rotatable bonds is 5. The van der Waals surface area contributed by atoms with Gasteiger partial charge >= 0.3 is 0 Å². The molecule has 0 radical (unpaired) electrons. The summed E-state index contributed by atoms with van der Waals surface area (Å²) in [5.74, 6) is -0.154. The largest absolute Gasteiger partial charge is 0.326 e. The first-order valence-corrected chi connectivity index (χ1v) is 10.5. The third-order valence-electron chi connectivity index (χ3n) is 5.16. The average Bonchev–Trinajstić information content (AvgIpc) is 2.94. The first-order chi connectivity index (χ1) is 13.3. The molecule has 1 unspecified atom stereocenters. The van der Waals surface area contributed by atoms with E-state index in [0.29, 0.717) is 11.7 Å². The summed E-state index contributed by atoms with van der Waals surface area (Å²) >= 11 is 1.49. The van der Waals surface area contributed by atoms with Gasteiger partial charge in [-0.1, -0.05) is 17.7 Å². The number of carbonyl (C=O) groups excluding carboxylic acids is 2. The number of carbonyl (C=O) groups is 2. The number of anilines is 2. The standard InChI is InChI=1S/C21H28N4O2S/c1-13-7-8-18(14(2)10-13)23-20(27)17-6-5-9-25(11-17)12-19(26)24-21-22-15(3)16(4)28-21/h7-8,10,17H,5-6,9,11-12H2,1-4H3,(H,23,27)(H,22,24,26). The van der Waals surface area contributed by atoms with Crippen molar-refractivity contribution in [1.29, 1.82) is 0 Å². The van der Waals surface area contributed by atoms with Crippen LogP contribution in [0.1, 0.15) is 34.5 Å². The molecule has 2 amide bonds. The van der Waals surface area contributed by atoms with Gasteiger partial charge in [0.05, 0.1) is 18.2 Å². The van der Waals surface area contributed by atoms with Crippen LogP contribution in [0.25, 0.3) is 0 Å². The van der Waals surface area contributed by atoms with Gasteiger partial charge in [-0.05, 0) is 58.7 Å². The van der Waals surface area contributed by atoms with Gasteiger partial charge in [0.1, 0.15) is 0 Å². The van der Waals surface area contributed by atoms with Crippen LogP contribution in [0.15, 0.2) is 18.2 Å². The van der Waals surface area contributed by atoms with Crippen molar-refractivity contribution in [3.05, 3.63) is 39.9 Å². The van der Waals surface area contributed by atoms with Gasteiger partial charge in [0.25, 0.3) is 0 Å². The van der Waals surface area contributed by atoms with Crippen LogP contribution in [-0.2, 0) is 9.59 Å². The van der Waals surface area contributed by atoms with Gasteiger partial charge in [0.2, 0.25) is 11.8 Å². The van der Waals surface area contributed by atoms with Gasteiger partial charge in [-0.2, -0.15) is 0 Å². The molecule has 1 fully saturated rings. The maximum Gasteiger partial charge on any atom is 0.240 e. The lowest BCUT2D eigenvalue weighted by atomic mass is 9.96. The topological polar surface area (TPSA) is 74.3 Å². The third-order valence-corrected chi connectivity index (χ3v) is 6.15. The monoisotopic (exact) mass is 400 g/mol. The molecule has 1 atom stereocenters. The summed E-state index contributed by atoms with van der Waals surface area (Å²) in [4.78, 5) is 32.6. The molecule has 1 aliphatic heterocycles. The zero-order chi connectivity index (χ0) is 20.3. The summed E-state index contributed by atoms with van der Waals surface area (Å²) in [5.41, 5.74) is 4.05. The minimum absolute atomic E-state index is 0.0308. The van der Waals surface area contributed by atoms with Crippen molar-refractivity contribution in [2.45, 2.75) is 40.5 Å². The van der Waals surface area contributed by atoms with Gasteiger partial charge in [-0.25, -0.2) is 4.98 Å². The van der Waals surface area contributed by atoms with Crippen molar-refractivity contribution in [1.82, 2.24) is 9.88 Å². The van der Waals surface area contributed by atoms with E-state index in [1.807, 2.05) is 39.8 Å². The van der Waals surface area contributed by atoms with Crippen molar-refractivity contribution in [2.24, 2.45) is 5.92 Å². The minimum Gasteiger partial charge on any atom is -0.326 e. The van der Waals surface area contributed by atoms with Gasteiger partial charge in [0.15, 0.2) is 5.13 Å². The second-order valence-electron chi connectivity index (χ2n) is 7.59. The Morgan fingerprint density at radius 3 is 2.68 bits per heavy atom. The highest BCUT2D eigenvalue weighted by Crippen LogP contribution is 2.23. The number of hydrogen-bond acceptors (Lipinski definition) is 5. The first kappa shape index (κ1) is 20.5. The molecule has 150 valence electrons. The molecule has 1 saturated heterocycles. The predicted octanol–water partition coefficient (Wildman–Crippen LogP) is 3.67. The van der Waals surface area contributed by atoms with Crippen LogP contribution >= 0.6 is 11.3 Å². The van der Waals surface area contributed by atoms with E-state index < -0.39 is 0 Å². The van der Waals surface area contributed by atoms with Crippen LogP contribution < -0.4 is 10.6 Å². The number of nitrogens with zero attached hydrogens (tertiary/aromatic N) is 2. The number of nitrogens with one attached hydrogen (secondary N) is 2. The Morgan fingerprint density at radius 2 is 2.00 bits per heavy atom. The Bertz CT molecular complexity index is 858. The molecule has 1 aromatic heterocycles. The summed E-state index contributed by atoms with van der Waals surface area (Å²) in [7, 11) is 0. The van der Waals surface area contributed by atoms with E-state index in [2.05, 4.69) is 26.6 Å². The van der Waals surface area contributed by atoms with Gasteiger partial charge < -0.3 is 10.6 Å². The van der Waals surface area contributed by atoms with Crippen LogP contribution in [0.5, 0.6) is 0 Å². The normalized spacial score (nSPS) is 17.4. The highest BCUT2D eigenvalue weighted by atomic mass is 32.1. The third kappa shape index (κ3) is 5.17. The Morgan fingerprint density at radius 1 is 1.21 bits per heavy atom. The molecular formula is C21H28N4O2S. The maximum atomic E-state index is 12.7. The van der Waals surface area contributed by atoms with Crippen LogP contribution in [0, 0.1) is 33.6 Å². The minimum atomic E-state index is -0.105. The van der Waals surface area contributed by atoms with Crippen molar-refractivity contribution in [2.75, 3.05) is 30.3 Å². The Labute approximate surface area is 170 Å². The predicted molar refractivity (Wildman–Crippen MR) is 114 cm³/mol. The van der Waals surface area contributed by atoms with E-state index >= 15 is 0 Å². The summed E-state index contributed by atoms with van der Waals surface area (Å²) in [6.45, 7) is 9.68. The molecular weight excluding hydrogens is 372 g/mol. The summed E-state index contributed by atoms with van der Waals surface area (Å²) in [6, 6.07) is 6.02. The van der Waals surface area contributed by atoms with E-state index in [1.54, 1.807) is 0 Å². The highest BCUT2D eigenvalue weighted by Gasteiger charge is 2.27. The molecule has 2 aromatic rings. The quantitative estimate of drug-likeness (QED) is 0.803. The zero-order valence-corrected chi connectivity index (χ0v) is 17.8. The van der Waals surface area contributed by atoms with Gasteiger partial charge in [0, 0.05) is 17.1 Å². The smallest absolute Gasteiger partial charge is 0.240 e. The fourth-order valence-electron chi connectivity index (χ4n) is 3.49. The summed E-state index contributed by atoms with van der Waals surface area (Å²) in [6.07, 6.45) is 1.76. The van der Waals surface area contributed by atoms with E-state index in [9.17, 15) is 9.59 Å². The average molecular weight is 401 g/mol. The first-order valence-electron chi connectivity index (χ1n) is 9.66. The number of aryl methyl sites for hydroxylation is 4. The molecule has 1 aliphatic rings. The maximum absolute atomic E-state index is 12.7. The number of likely N-dealkylation sites (tertiary alicyclic amines) is 1. The van der Waals surface area contributed by atoms with E-state index in [4.69, 9.17) is 0 Å². The Hall–Kier alpha value is -2.25. The Balaban J connectivity index is 1.54. The molecule has 7 heteroatoms. The lowest BCUT2D eigenvalue weighted by Gasteiger charge is -2.31. The molecule has 28 heavy (non-hydrogen) atoms. The van der Waals surface area contributed by atoms with Crippen LogP contribution in [0.4, 0.5) is 10.8 Å². The number of thiazole rings is 1. The van der Waals surface area contributed by atoms with Crippen molar-refractivity contribution < 1.29 is 9.59 Å². The molecule has 0 bridgehead atoms. The summed E-state index contributed by atoms with van der Waals surface area (Å²) in [5, 5.41) is 6.57. The second kappa shape index (κ2) is 8.84. The fraction of sp³-hybridized carbons (Fsp3) is 0.476. The second-order valence-corrected chi connectivity index (χ2v) is 8.79. The summed E-state index contributed by atoms with van der Waals surface area (Å²) < 4.78 is 0. The van der Waals surface area contributed by atoms with E-state index in [0.717, 1.165) is 41.2 Å². The molecule has 0 aliphatic carbocycles. The zero-order valence-electron chi connectivity index (χ0n) is 17.0. The van der Waals surface area contributed by atoms with Crippen LogP contribution in [-0.4, -0.2) is 41.3 Å². The lowest BCUT2D eigenvalue weighted by Crippen LogP contribution is -2.44. The van der Waals surface area contributed by atoms with Gasteiger partial charge in [-0.15, -0.1) is 11.3 Å². The van der Waals surface area contributed by atoms with Crippen LogP contribution in [0.3, 0.4) is 0 Å². The number of benzene rings is 1. The number of piperidine rings is 1. The molecule has 3 rings (SSSR count). The SMILES string of the molecule is Cc1ccc(NC(=O)C2CCCN(CC(=O)Nc3nc(C)c(C)s3)C2)c(C)c1. The van der Waals surface area contributed by atoms with Gasteiger partial charge in [-0.3, -0.25) is 14.5 Å². The number of amides is 2. The van der Waals surface area contributed by atoms with Crippen LogP contribution in [0.2, 0.25) is 0 Å². The molecule has 0 spiro atoms. The molecule has 6 nitrogen and oxygen atoms in total.